The lowest BCUT2D eigenvalue weighted by Crippen LogP contribution is -2.41. The molecule has 0 amide bonds. The van der Waals surface area contributed by atoms with Gasteiger partial charge < -0.3 is 0 Å². The minimum atomic E-state index is -1.31. The largest absolute Gasteiger partial charge is 0.301 e. The third kappa shape index (κ3) is 1.92. The van der Waals surface area contributed by atoms with Gasteiger partial charge in [-0.1, -0.05) is 36.8 Å². The quantitative estimate of drug-likeness (QED) is 0.343. The van der Waals surface area contributed by atoms with Crippen LogP contribution >= 0.6 is 11.6 Å². The Labute approximate surface area is 99.6 Å². The summed E-state index contributed by atoms with van der Waals surface area (Å²) in [6.07, 6.45) is 3.12. The van der Waals surface area contributed by atoms with E-state index in [-0.39, 0.29) is 10.8 Å². The molecular formula is C12H14ClNO2. The molecule has 4 heteroatoms. The monoisotopic (exact) mass is 239 g/mol. The van der Waals surface area contributed by atoms with Crippen LogP contribution in [-0.4, -0.2) is 9.92 Å². The van der Waals surface area contributed by atoms with Crippen molar-refractivity contribution in [2.24, 2.45) is 0 Å². The molecule has 0 saturated heterocycles. The van der Waals surface area contributed by atoms with E-state index in [0.29, 0.717) is 6.42 Å². The summed E-state index contributed by atoms with van der Waals surface area (Å²) in [6.45, 7) is 0. The third-order valence-corrected chi connectivity index (χ3v) is 3.90. The maximum Gasteiger partial charge on any atom is 0.301 e. The van der Waals surface area contributed by atoms with Crippen molar-refractivity contribution < 1.29 is 4.92 Å². The van der Waals surface area contributed by atoms with Crippen molar-refractivity contribution >= 4 is 11.6 Å². The van der Waals surface area contributed by atoms with Gasteiger partial charge in [0.2, 0.25) is 0 Å². The highest BCUT2D eigenvalue weighted by molar-refractivity contribution is 6.23. The van der Waals surface area contributed by atoms with Gasteiger partial charge in [-0.15, -0.1) is 0 Å². The van der Waals surface area contributed by atoms with Gasteiger partial charge in [0.1, 0.15) is 0 Å². The predicted molar refractivity (Wildman–Crippen MR) is 63.2 cm³/mol. The van der Waals surface area contributed by atoms with Crippen LogP contribution in [0.5, 0.6) is 0 Å². The van der Waals surface area contributed by atoms with E-state index in [1.54, 1.807) is 0 Å². The normalized spacial score (nSPS) is 29.9. The second-order valence-electron chi connectivity index (χ2n) is 4.28. The second kappa shape index (κ2) is 4.42. The lowest BCUT2D eigenvalue weighted by Gasteiger charge is -2.32. The highest BCUT2D eigenvalue weighted by Gasteiger charge is 2.50. The van der Waals surface area contributed by atoms with Crippen molar-refractivity contribution in [1.82, 2.24) is 0 Å². The number of hydrogen-bond acceptors (Lipinski definition) is 2. The number of hydrogen-bond donors (Lipinski definition) is 0. The van der Waals surface area contributed by atoms with E-state index in [1.807, 2.05) is 30.3 Å². The van der Waals surface area contributed by atoms with E-state index < -0.39 is 5.00 Å². The van der Waals surface area contributed by atoms with Gasteiger partial charge in [-0.05, 0) is 30.0 Å². The number of nitrogens with zero attached hydrogens (tertiary/aromatic N) is 1. The van der Waals surface area contributed by atoms with Crippen LogP contribution in [0.3, 0.4) is 0 Å². The zero-order valence-electron chi connectivity index (χ0n) is 8.93. The summed E-state index contributed by atoms with van der Waals surface area (Å²) in [5, 5.41) is 11.1. The van der Waals surface area contributed by atoms with Gasteiger partial charge in [0.15, 0.2) is 0 Å². The van der Waals surface area contributed by atoms with Gasteiger partial charge in [-0.2, -0.15) is 0 Å². The molecule has 2 atom stereocenters. The van der Waals surface area contributed by atoms with Crippen molar-refractivity contribution in [3.8, 4) is 0 Å². The van der Waals surface area contributed by atoms with Crippen molar-refractivity contribution in [2.45, 2.75) is 36.6 Å². The van der Waals surface area contributed by atoms with Crippen LogP contribution in [0, 0.1) is 10.1 Å². The summed E-state index contributed by atoms with van der Waals surface area (Å²) < 4.78 is 0. The molecule has 2 rings (SSSR count). The molecule has 0 radical (unpaired) electrons. The third-order valence-electron chi connectivity index (χ3n) is 3.31. The number of nitro groups is 1. The Morgan fingerprint density at radius 3 is 2.62 bits per heavy atom. The minimum Gasteiger partial charge on any atom is -0.263 e. The molecule has 0 aromatic heterocycles. The Kier molecular flexibility index (Phi) is 3.15. The summed E-state index contributed by atoms with van der Waals surface area (Å²) >= 11 is 6.21. The summed E-state index contributed by atoms with van der Waals surface area (Å²) in [6, 6.07) is 9.57. The molecule has 3 nitrogen and oxygen atoms in total. The molecule has 0 heterocycles. The van der Waals surface area contributed by atoms with E-state index in [0.717, 1.165) is 24.8 Å². The molecule has 1 aromatic carbocycles. The van der Waals surface area contributed by atoms with Crippen molar-refractivity contribution in [3.05, 3.63) is 46.0 Å². The van der Waals surface area contributed by atoms with E-state index in [1.165, 1.54) is 0 Å². The topological polar surface area (TPSA) is 43.1 Å². The first-order valence-corrected chi connectivity index (χ1v) is 5.91. The highest BCUT2D eigenvalue weighted by atomic mass is 35.5. The molecule has 86 valence electrons. The van der Waals surface area contributed by atoms with Crippen molar-refractivity contribution in [3.63, 3.8) is 0 Å². The van der Waals surface area contributed by atoms with Crippen LogP contribution in [0.15, 0.2) is 30.3 Å². The molecule has 2 unspecified atom stereocenters. The molecule has 0 aliphatic heterocycles. The van der Waals surface area contributed by atoms with Crippen LogP contribution in [-0.2, 0) is 0 Å². The van der Waals surface area contributed by atoms with Gasteiger partial charge in [0.05, 0.1) is 5.92 Å². The molecule has 1 aromatic rings. The lowest BCUT2D eigenvalue weighted by atomic mass is 9.80. The summed E-state index contributed by atoms with van der Waals surface area (Å²) in [5.41, 5.74) is 0.980. The molecule has 1 fully saturated rings. The average molecular weight is 240 g/mol. The number of alkyl halides is 1. The first-order valence-electron chi connectivity index (χ1n) is 5.53. The average Bonchev–Trinajstić information content (AvgIpc) is 2.30. The molecule has 0 bridgehead atoms. The maximum atomic E-state index is 11.1. The SMILES string of the molecule is O=[N+]([O-])C1(Cl)CCCCC1c1ccccc1. The fraction of sp³-hybridized carbons (Fsp3) is 0.500. The molecule has 0 N–H and O–H groups in total. The van der Waals surface area contributed by atoms with Crippen molar-refractivity contribution in [1.29, 1.82) is 0 Å². The summed E-state index contributed by atoms with van der Waals surface area (Å²) in [4.78, 5) is 9.51. The van der Waals surface area contributed by atoms with Gasteiger partial charge in [-0.25, -0.2) is 0 Å². The van der Waals surface area contributed by atoms with Crippen molar-refractivity contribution in [2.75, 3.05) is 0 Å². The fourth-order valence-electron chi connectivity index (χ4n) is 2.44. The smallest absolute Gasteiger partial charge is 0.263 e. The van der Waals surface area contributed by atoms with Crippen LogP contribution in [0.1, 0.15) is 37.2 Å². The highest BCUT2D eigenvalue weighted by Crippen LogP contribution is 2.45. The van der Waals surface area contributed by atoms with E-state index in [9.17, 15) is 10.1 Å². The first kappa shape index (κ1) is 11.4. The lowest BCUT2D eigenvalue weighted by molar-refractivity contribution is -0.550. The zero-order chi connectivity index (χ0) is 11.6. The van der Waals surface area contributed by atoms with Crippen LogP contribution in [0.25, 0.3) is 0 Å². The molecule has 1 aliphatic carbocycles. The Balaban J connectivity index is 2.34. The molecule has 1 saturated carbocycles. The van der Waals surface area contributed by atoms with Gasteiger partial charge in [0, 0.05) is 11.3 Å². The zero-order valence-corrected chi connectivity index (χ0v) is 9.69. The maximum absolute atomic E-state index is 11.1. The Bertz CT molecular complexity index is 382. The molecular weight excluding hydrogens is 226 g/mol. The first-order chi connectivity index (χ1) is 7.64. The van der Waals surface area contributed by atoms with Gasteiger partial charge >= 0.3 is 5.00 Å². The minimum absolute atomic E-state index is 0.167. The van der Waals surface area contributed by atoms with Crippen LogP contribution in [0.2, 0.25) is 0 Å². The predicted octanol–water partition coefficient (Wildman–Crippen LogP) is 3.56. The van der Waals surface area contributed by atoms with E-state index >= 15 is 0 Å². The Morgan fingerprint density at radius 2 is 2.00 bits per heavy atom. The number of benzene rings is 1. The number of rotatable bonds is 2. The van der Waals surface area contributed by atoms with E-state index in [4.69, 9.17) is 11.6 Å². The second-order valence-corrected chi connectivity index (χ2v) is 4.94. The van der Waals surface area contributed by atoms with Crippen LogP contribution < -0.4 is 0 Å². The Hall–Kier alpha value is -1.09. The molecule has 0 spiro atoms. The van der Waals surface area contributed by atoms with Gasteiger partial charge in [-0.3, -0.25) is 10.1 Å². The fourth-order valence-corrected chi connectivity index (χ4v) is 2.81. The molecule has 1 aliphatic rings. The van der Waals surface area contributed by atoms with E-state index in [2.05, 4.69) is 0 Å². The standard InChI is InChI=1S/C12H14ClNO2/c13-12(14(15)16)9-5-4-8-11(12)10-6-2-1-3-7-10/h1-3,6-7,11H,4-5,8-9H2. The van der Waals surface area contributed by atoms with Gasteiger partial charge in [0.25, 0.3) is 0 Å². The van der Waals surface area contributed by atoms with Crippen LogP contribution in [0.4, 0.5) is 0 Å². The number of halogens is 1. The summed E-state index contributed by atoms with van der Waals surface area (Å²) in [5.74, 6) is -0.167. The summed E-state index contributed by atoms with van der Waals surface area (Å²) in [7, 11) is 0. The Morgan fingerprint density at radius 1 is 1.31 bits per heavy atom. The molecule has 16 heavy (non-hydrogen) atoms.